The molecular weight excluding hydrogens is 302 g/mol. The molecule has 2 aromatic rings. The van der Waals surface area contributed by atoms with Crippen LogP contribution in [0.2, 0.25) is 0 Å². The van der Waals surface area contributed by atoms with E-state index < -0.39 is 0 Å². The standard InChI is InChI=1S/C18H25N5O/c24-16-3-1-2-15(16)22-10-8-13(9-11-22)18-20-19-17-7-6-14(12-4-5-12)21-23(17)18/h6-7,12-13,15-16,24H,1-5,8-11H2. The minimum Gasteiger partial charge on any atom is -0.391 e. The summed E-state index contributed by atoms with van der Waals surface area (Å²) in [7, 11) is 0. The van der Waals surface area contributed by atoms with Gasteiger partial charge in [-0.15, -0.1) is 10.2 Å². The van der Waals surface area contributed by atoms with Crippen molar-refractivity contribution in [2.24, 2.45) is 0 Å². The highest BCUT2D eigenvalue weighted by molar-refractivity contribution is 5.38. The van der Waals surface area contributed by atoms with Crippen molar-refractivity contribution in [3.63, 3.8) is 0 Å². The molecule has 6 heteroatoms. The first-order valence-electron chi connectivity index (χ1n) is 9.44. The van der Waals surface area contributed by atoms with Crippen LogP contribution in [0.3, 0.4) is 0 Å². The molecule has 1 N–H and O–H groups in total. The maximum Gasteiger partial charge on any atom is 0.177 e. The maximum atomic E-state index is 10.1. The molecule has 6 nitrogen and oxygen atoms in total. The predicted molar refractivity (Wildman–Crippen MR) is 90.0 cm³/mol. The molecule has 0 spiro atoms. The minimum atomic E-state index is -0.127. The Kier molecular flexibility index (Phi) is 3.56. The number of fused-ring (bicyclic) bond motifs is 1. The van der Waals surface area contributed by atoms with Crippen LogP contribution in [-0.2, 0) is 0 Å². The molecule has 3 fully saturated rings. The van der Waals surface area contributed by atoms with Gasteiger partial charge in [0.05, 0.1) is 11.8 Å². The lowest BCUT2D eigenvalue weighted by Gasteiger charge is -2.36. The Labute approximate surface area is 141 Å². The molecule has 24 heavy (non-hydrogen) atoms. The number of nitrogens with zero attached hydrogens (tertiary/aromatic N) is 5. The summed E-state index contributed by atoms with van der Waals surface area (Å²) >= 11 is 0. The van der Waals surface area contributed by atoms with E-state index in [1.54, 1.807) is 0 Å². The number of aliphatic hydroxyl groups excluding tert-OH is 1. The van der Waals surface area contributed by atoms with Crippen molar-refractivity contribution in [2.75, 3.05) is 13.1 Å². The van der Waals surface area contributed by atoms with Crippen LogP contribution in [0.15, 0.2) is 12.1 Å². The molecule has 0 radical (unpaired) electrons. The lowest BCUT2D eigenvalue weighted by Crippen LogP contribution is -2.44. The molecule has 0 bridgehead atoms. The number of hydrogen-bond acceptors (Lipinski definition) is 5. The van der Waals surface area contributed by atoms with E-state index in [1.807, 2.05) is 4.52 Å². The number of aliphatic hydroxyl groups is 1. The monoisotopic (exact) mass is 327 g/mol. The molecule has 128 valence electrons. The third-order valence-electron chi connectivity index (χ3n) is 6.11. The third-order valence-corrected chi connectivity index (χ3v) is 6.11. The van der Waals surface area contributed by atoms with Crippen LogP contribution in [0.5, 0.6) is 0 Å². The first kappa shape index (κ1) is 14.8. The zero-order chi connectivity index (χ0) is 16.1. The molecular formula is C18H25N5O. The molecule has 2 unspecified atom stereocenters. The van der Waals surface area contributed by atoms with Crippen molar-refractivity contribution in [1.29, 1.82) is 0 Å². The summed E-state index contributed by atoms with van der Waals surface area (Å²) in [5, 5.41) is 23.7. The first-order valence-corrected chi connectivity index (χ1v) is 9.44. The highest BCUT2D eigenvalue weighted by Gasteiger charge is 2.34. The van der Waals surface area contributed by atoms with Crippen molar-refractivity contribution in [2.45, 2.75) is 68.9 Å². The average Bonchev–Trinajstić information content (AvgIpc) is 3.25. The van der Waals surface area contributed by atoms with Gasteiger partial charge < -0.3 is 5.11 Å². The van der Waals surface area contributed by atoms with E-state index in [9.17, 15) is 5.11 Å². The van der Waals surface area contributed by atoms with Crippen molar-refractivity contribution in [3.05, 3.63) is 23.7 Å². The molecule has 2 aliphatic carbocycles. The molecule has 0 amide bonds. The number of piperidine rings is 1. The first-order chi connectivity index (χ1) is 11.8. The lowest BCUT2D eigenvalue weighted by atomic mass is 9.94. The fourth-order valence-corrected chi connectivity index (χ4v) is 4.51. The number of aromatic nitrogens is 4. The molecule has 3 heterocycles. The average molecular weight is 327 g/mol. The zero-order valence-electron chi connectivity index (χ0n) is 14.0. The second-order valence-corrected chi connectivity index (χ2v) is 7.74. The van der Waals surface area contributed by atoms with Gasteiger partial charge in [-0.25, -0.2) is 0 Å². The summed E-state index contributed by atoms with van der Waals surface area (Å²) < 4.78 is 1.98. The quantitative estimate of drug-likeness (QED) is 0.935. The molecule has 5 rings (SSSR count). The summed E-state index contributed by atoms with van der Waals surface area (Å²) in [6.45, 7) is 2.09. The van der Waals surface area contributed by atoms with Crippen LogP contribution in [0.4, 0.5) is 0 Å². The van der Waals surface area contributed by atoms with Crippen molar-refractivity contribution in [1.82, 2.24) is 24.7 Å². The van der Waals surface area contributed by atoms with Gasteiger partial charge in [-0.3, -0.25) is 4.90 Å². The molecule has 2 saturated carbocycles. The highest BCUT2D eigenvalue weighted by atomic mass is 16.3. The van der Waals surface area contributed by atoms with Crippen molar-refractivity contribution in [3.8, 4) is 0 Å². The van der Waals surface area contributed by atoms with E-state index in [-0.39, 0.29) is 6.10 Å². The van der Waals surface area contributed by atoms with Gasteiger partial charge in [0.15, 0.2) is 11.5 Å². The Morgan fingerprint density at radius 3 is 2.46 bits per heavy atom. The van der Waals surface area contributed by atoms with E-state index in [4.69, 9.17) is 5.10 Å². The Hall–Kier alpha value is -1.53. The third kappa shape index (κ3) is 2.52. The van der Waals surface area contributed by atoms with Crippen LogP contribution in [0, 0.1) is 0 Å². The molecule has 2 aromatic heterocycles. The van der Waals surface area contributed by atoms with Gasteiger partial charge in [0, 0.05) is 17.9 Å². The second kappa shape index (κ2) is 5.77. The zero-order valence-corrected chi connectivity index (χ0v) is 14.0. The number of hydrogen-bond donors (Lipinski definition) is 1. The Balaban J connectivity index is 1.34. The summed E-state index contributed by atoms with van der Waals surface area (Å²) in [6, 6.07) is 4.54. The molecule has 2 atom stereocenters. The van der Waals surface area contributed by atoms with Crippen molar-refractivity contribution >= 4 is 5.65 Å². The van der Waals surface area contributed by atoms with Crippen LogP contribution < -0.4 is 0 Å². The lowest BCUT2D eigenvalue weighted by molar-refractivity contribution is 0.0545. The molecule has 0 aromatic carbocycles. The number of rotatable bonds is 3. The fraction of sp³-hybridized carbons (Fsp3) is 0.722. The topological polar surface area (TPSA) is 66.5 Å². The van der Waals surface area contributed by atoms with Crippen LogP contribution in [0.25, 0.3) is 5.65 Å². The smallest absolute Gasteiger partial charge is 0.177 e. The van der Waals surface area contributed by atoms with E-state index >= 15 is 0 Å². The molecule has 1 saturated heterocycles. The summed E-state index contributed by atoms with van der Waals surface area (Å²) in [5.74, 6) is 2.10. The van der Waals surface area contributed by atoms with E-state index in [0.717, 1.165) is 56.7 Å². The van der Waals surface area contributed by atoms with Crippen LogP contribution in [-0.4, -0.2) is 55.1 Å². The van der Waals surface area contributed by atoms with Gasteiger partial charge in [-0.05, 0) is 70.2 Å². The van der Waals surface area contributed by atoms with E-state index in [2.05, 4.69) is 27.2 Å². The summed E-state index contributed by atoms with van der Waals surface area (Å²) in [5.41, 5.74) is 2.05. The SMILES string of the molecule is OC1CCCC1N1CCC(c2nnc3ccc(C4CC4)nn23)CC1. The number of likely N-dealkylation sites (tertiary alicyclic amines) is 1. The van der Waals surface area contributed by atoms with Crippen molar-refractivity contribution < 1.29 is 5.11 Å². The van der Waals surface area contributed by atoms with Gasteiger partial charge in [0.1, 0.15) is 0 Å². The minimum absolute atomic E-state index is 0.127. The summed E-state index contributed by atoms with van der Waals surface area (Å²) in [6.07, 6.45) is 7.83. The highest BCUT2D eigenvalue weighted by Crippen LogP contribution is 2.39. The largest absolute Gasteiger partial charge is 0.391 e. The normalized spacial score (nSPS) is 29.5. The van der Waals surface area contributed by atoms with Gasteiger partial charge >= 0.3 is 0 Å². The van der Waals surface area contributed by atoms with Crippen LogP contribution >= 0.6 is 0 Å². The van der Waals surface area contributed by atoms with Crippen LogP contribution in [0.1, 0.15) is 68.3 Å². The van der Waals surface area contributed by atoms with Gasteiger partial charge in [0.2, 0.25) is 0 Å². The Morgan fingerprint density at radius 1 is 0.917 bits per heavy atom. The fourth-order valence-electron chi connectivity index (χ4n) is 4.51. The Morgan fingerprint density at radius 2 is 1.75 bits per heavy atom. The van der Waals surface area contributed by atoms with Gasteiger partial charge in [-0.2, -0.15) is 9.61 Å². The van der Waals surface area contributed by atoms with E-state index in [1.165, 1.54) is 18.5 Å². The predicted octanol–water partition coefficient (Wildman–Crippen LogP) is 2.09. The maximum absolute atomic E-state index is 10.1. The second-order valence-electron chi connectivity index (χ2n) is 7.74. The van der Waals surface area contributed by atoms with E-state index in [0.29, 0.717) is 17.9 Å². The summed E-state index contributed by atoms with van der Waals surface area (Å²) in [4.78, 5) is 2.49. The Bertz CT molecular complexity index is 732. The molecule has 1 aliphatic heterocycles. The molecule has 3 aliphatic rings. The van der Waals surface area contributed by atoms with Gasteiger partial charge in [-0.1, -0.05) is 0 Å². The van der Waals surface area contributed by atoms with Gasteiger partial charge in [0.25, 0.3) is 0 Å².